The minimum atomic E-state index is 0.763. The van der Waals surface area contributed by atoms with Crippen molar-refractivity contribution in [1.29, 1.82) is 0 Å². The molecule has 0 aliphatic carbocycles. The van der Waals surface area contributed by atoms with Crippen molar-refractivity contribution in [3.63, 3.8) is 0 Å². The van der Waals surface area contributed by atoms with Crippen LogP contribution in [0.3, 0.4) is 0 Å². The van der Waals surface area contributed by atoms with Crippen molar-refractivity contribution in [3.8, 4) is 11.5 Å². The van der Waals surface area contributed by atoms with Gasteiger partial charge in [0.2, 0.25) is 0 Å². The number of hydrogen-bond donors (Lipinski definition) is 0. The summed E-state index contributed by atoms with van der Waals surface area (Å²) in [6, 6.07) is 6.22. The second-order valence-corrected chi connectivity index (χ2v) is 7.73. The molecule has 0 saturated heterocycles. The lowest BCUT2D eigenvalue weighted by molar-refractivity contribution is 0.262. The van der Waals surface area contributed by atoms with Gasteiger partial charge in [-0.05, 0) is 49.8 Å². The van der Waals surface area contributed by atoms with Crippen molar-refractivity contribution in [2.45, 2.75) is 32.1 Å². The van der Waals surface area contributed by atoms with E-state index in [0.717, 1.165) is 44.0 Å². The molecule has 21 heavy (non-hydrogen) atoms. The van der Waals surface area contributed by atoms with Crippen LogP contribution in [-0.2, 0) is 6.42 Å². The lowest BCUT2D eigenvalue weighted by atomic mass is 10.1. The Morgan fingerprint density at radius 1 is 0.952 bits per heavy atom. The Morgan fingerprint density at radius 2 is 1.62 bits per heavy atom. The molecule has 1 aromatic carbocycles. The zero-order valence-corrected chi connectivity index (χ0v) is 14.1. The summed E-state index contributed by atoms with van der Waals surface area (Å²) in [5, 5.41) is 0. The molecule has 1 heterocycles. The Balaban J connectivity index is 2.01. The van der Waals surface area contributed by atoms with Crippen molar-refractivity contribution < 1.29 is 9.47 Å². The van der Waals surface area contributed by atoms with Crippen LogP contribution in [0.5, 0.6) is 11.5 Å². The average Bonchev–Trinajstić information content (AvgIpc) is 2.50. The standard InChI is InChI=1S/C17H24O2S2/c1-2-7-15-8-9-16-17(14-15)19-11-4-6-13-21-20-12-5-3-10-18-16/h2,8-9,14H,1,3-7,10-13H2. The van der Waals surface area contributed by atoms with Crippen LogP contribution in [0.4, 0.5) is 0 Å². The maximum atomic E-state index is 5.94. The topological polar surface area (TPSA) is 18.5 Å². The van der Waals surface area contributed by atoms with Gasteiger partial charge in [0.15, 0.2) is 11.5 Å². The van der Waals surface area contributed by atoms with E-state index < -0.39 is 0 Å². The van der Waals surface area contributed by atoms with E-state index in [1.54, 1.807) is 0 Å². The molecule has 1 aliphatic rings. The quantitative estimate of drug-likeness (QED) is 0.554. The maximum Gasteiger partial charge on any atom is 0.161 e. The molecule has 116 valence electrons. The summed E-state index contributed by atoms with van der Waals surface area (Å²) in [4.78, 5) is 0. The average molecular weight is 325 g/mol. The Hall–Kier alpha value is -0.740. The molecule has 0 fully saturated rings. The van der Waals surface area contributed by atoms with Crippen LogP contribution in [0.2, 0.25) is 0 Å². The largest absolute Gasteiger partial charge is 0.490 e. The zero-order valence-electron chi connectivity index (χ0n) is 12.5. The normalized spacial score (nSPS) is 17.7. The van der Waals surface area contributed by atoms with E-state index in [2.05, 4.69) is 18.7 Å². The van der Waals surface area contributed by atoms with Crippen molar-refractivity contribution >= 4 is 21.6 Å². The van der Waals surface area contributed by atoms with E-state index in [4.69, 9.17) is 9.47 Å². The van der Waals surface area contributed by atoms with Crippen LogP contribution < -0.4 is 9.47 Å². The van der Waals surface area contributed by atoms with Gasteiger partial charge in [0.05, 0.1) is 13.2 Å². The minimum absolute atomic E-state index is 0.763. The van der Waals surface area contributed by atoms with Crippen LogP contribution in [-0.4, -0.2) is 24.7 Å². The second-order valence-electron chi connectivity index (χ2n) is 5.03. The van der Waals surface area contributed by atoms with Crippen LogP contribution in [0, 0.1) is 0 Å². The van der Waals surface area contributed by atoms with E-state index in [0.29, 0.717) is 0 Å². The third-order valence-corrected chi connectivity index (χ3v) is 5.81. The summed E-state index contributed by atoms with van der Waals surface area (Å²) >= 11 is 0. The van der Waals surface area contributed by atoms with Crippen molar-refractivity contribution in [1.82, 2.24) is 0 Å². The molecule has 2 rings (SSSR count). The first kappa shape index (κ1) is 16.6. The van der Waals surface area contributed by atoms with Crippen molar-refractivity contribution in [2.75, 3.05) is 24.7 Å². The second kappa shape index (κ2) is 10.1. The fourth-order valence-corrected chi connectivity index (χ4v) is 4.38. The van der Waals surface area contributed by atoms with E-state index in [1.807, 2.05) is 33.7 Å². The first-order valence-corrected chi connectivity index (χ1v) is 10.1. The van der Waals surface area contributed by atoms with Gasteiger partial charge in [0, 0.05) is 11.5 Å². The zero-order chi connectivity index (χ0) is 14.8. The third-order valence-electron chi connectivity index (χ3n) is 3.23. The molecular formula is C17H24O2S2. The molecule has 0 N–H and O–H groups in total. The van der Waals surface area contributed by atoms with Crippen LogP contribution in [0.25, 0.3) is 0 Å². The minimum Gasteiger partial charge on any atom is -0.490 e. The number of ether oxygens (including phenoxy) is 2. The van der Waals surface area contributed by atoms with E-state index >= 15 is 0 Å². The number of fused-ring (bicyclic) bond motifs is 1. The highest BCUT2D eigenvalue weighted by Crippen LogP contribution is 2.30. The predicted octanol–water partition coefficient (Wildman–Crippen LogP) is 5.13. The Labute approximate surface area is 136 Å². The van der Waals surface area contributed by atoms with Gasteiger partial charge in [-0.25, -0.2) is 0 Å². The van der Waals surface area contributed by atoms with E-state index in [1.165, 1.54) is 29.9 Å². The summed E-state index contributed by atoms with van der Waals surface area (Å²) in [7, 11) is 3.97. The fraction of sp³-hybridized carbons (Fsp3) is 0.529. The number of hydrogen-bond acceptors (Lipinski definition) is 4. The van der Waals surface area contributed by atoms with Gasteiger partial charge in [0.1, 0.15) is 0 Å². The number of allylic oxidation sites excluding steroid dienone is 1. The predicted molar refractivity (Wildman–Crippen MR) is 94.7 cm³/mol. The third kappa shape index (κ3) is 6.27. The molecule has 0 aromatic heterocycles. The summed E-state index contributed by atoms with van der Waals surface area (Å²) in [5.74, 6) is 4.19. The highest BCUT2D eigenvalue weighted by Gasteiger charge is 2.07. The van der Waals surface area contributed by atoms with Gasteiger partial charge in [-0.2, -0.15) is 0 Å². The lowest BCUT2D eigenvalue weighted by Crippen LogP contribution is -2.04. The molecule has 0 unspecified atom stereocenters. The molecule has 0 bridgehead atoms. The first-order chi connectivity index (χ1) is 10.4. The van der Waals surface area contributed by atoms with Crippen LogP contribution >= 0.6 is 21.6 Å². The first-order valence-electron chi connectivity index (χ1n) is 7.64. The lowest BCUT2D eigenvalue weighted by Gasteiger charge is -2.14. The molecular weight excluding hydrogens is 300 g/mol. The molecule has 0 saturated carbocycles. The summed E-state index contributed by atoms with van der Waals surface area (Å²) in [6.45, 7) is 5.32. The summed E-state index contributed by atoms with van der Waals surface area (Å²) in [6.07, 6.45) is 7.40. The van der Waals surface area contributed by atoms with Gasteiger partial charge in [-0.1, -0.05) is 33.7 Å². The van der Waals surface area contributed by atoms with Gasteiger partial charge in [0.25, 0.3) is 0 Å². The molecule has 1 aliphatic heterocycles. The van der Waals surface area contributed by atoms with Crippen molar-refractivity contribution in [3.05, 3.63) is 36.4 Å². The molecule has 0 atom stereocenters. The van der Waals surface area contributed by atoms with E-state index in [9.17, 15) is 0 Å². The van der Waals surface area contributed by atoms with Crippen LogP contribution in [0.15, 0.2) is 30.9 Å². The smallest absolute Gasteiger partial charge is 0.161 e. The monoisotopic (exact) mass is 324 g/mol. The Morgan fingerprint density at radius 3 is 2.29 bits per heavy atom. The molecule has 4 heteroatoms. The molecule has 0 radical (unpaired) electrons. The Kier molecular flexibility index (Phi) is 7.97. The molecule has 0 amide bonds. The molecule has 2 nitrogen and oxygen atoms in total. The highest BCUT2D eigenvalue weighted by molar-refractivity contribution is 8.76. The van der Waals surface area contributed by atoms with E-state index in [-0.39, 0.29) is 0 Å². The highest BCUT2D eigenvalue weighted by atomic mass is 33.1. The fourth-order valence-electron chi connectivity index (χ4n) is 2.09. The van der Waals surface area contributed by atoms with Gasteiger partial charge < -0.3 is 9.47 Å². The van der Waals surface area contributed by atoms with Gasteiger partial charge in [-0.15, -0.1) is 6.58 Å². The Bertz CT molecular complexity index is 435. The van der Waals surface area contributed by atoms with Gasteiger partial charge in [-0.3, -0.25) is 0 Å². The summed E-state index contributed by atoms with van der Waals surface area (Å²) in [5.41, 5.74) is 1.22. The number of rotatable bonds is 2. The molecule has 0 spiro atoms. The maximum absolute atomic E-state index is 5.94. The number of benzene rings is 1. The SMILES string of the molecule is C=CCc1ccc2c(c1)OCCCCSSCCCCO2. The van der Waals surface area contributed by atoms with Gasteiger partial charge >= 0.3 is 0 Å². The summed E-state index contributed by atoms with van der Waals surface area (Å²) < 4.78 is 11.8. The van der Waals surface area contributed by atoms with Crippen LogP contribution in [0.1, 0.15) is 31.2 Å². The van der Waals surface area contributed by atoms with Crippen molar-refractivity contribution in [2.24, 2.45) is 0 Å². The molecule has 1 aromatic rings.